The molecule has 0 aromatic heterocycles. The van der Waals surface area contributed by atoms with E-state index in [1.165, 1.54) is 6.21 Å². The van der Waals surface area contributed by atoms with Gasteiger partial charge in [0, 0.05) is 0 Å². The van der Waals surface area contributed by atoms with Crippen LogP contribution in [-0.4, -0.2) is 31.2 Å². The van der Waals surface area contributed by atoms with E-state index in [1.807, 2.05) is 19.9 Å². The van der Waals surface area contributed by atoms with Crippen molar-refractivity contribution in [1.82, 2.24) is 5.43 Å². The molecule has 0 spiro atoms. The van der Waals surface area contributed by atoms with Gasteiger partial charge in [-0.15, -0.1) is 0 Å². The van der Waals surface area contributed by atoms with Crippen LogP contribution in [0.1, 0.15) is 25.8 Å². The highest BCUT2D eigenvalue weighted by molar-refractivity contribution is 14.1. The highest BCUT2D eigenvalue weighted by atomic mass is 127. The van der Waals surface area contributed by atoms with E-state index >= 15 is 0 Å². The van der Waals surface area contributed by atoms with Gasteiger partial charge in [-0.3, -0.25) is 9.59 Å². The van der Waals surface area contributed by atoms with E-state index in [1.54, 1.807) is 24.3 Å². The predicted molar refractivity (Wildman–Crippen MR) is 127 cm³/mol. The highest BCUT2D eigenvalue weighted by Crippen LogP contribution is 2.34. The summed E-state index contributed by atoms with van der Waals surface area (Å²) >= 11 is 14.1. The van der Waals surface area contributed by atoms with Crippen molar-refractivity contribution in [3.63, 3.8) is 0 Å². The monoisotopic (exact) mass is 563 g/mol. The van der Waals surface area contributed by atoms with Crippen LogP contribution >= 0.6 is 45.8 Å². The average Bonchev–Trinajstić information content (AvgIpc) is 2.68. The molecule has 2 N–H and O–H groups in total. The van der Waals surface area contributed by atoms with E-state index < -0.39 is 18.2 Å². The topological polar surface area (TPSA) is 89.0 Å². The molecule has 0 fully saturated rings. The van der Waals surface area contributed by atoms with Gasteiger partial charge in [-0.05, 0) is 66.3 Å². The Morgan fingerprint density at radius 3 is 2.57 bits per heavy atom. The van der Waals surface area contributed by atoms with Crippen LogP contribution in [0.3, 0.4) is 0 Å². The fraction of sp³-hybridized carbons (Fsp3) is 0.250. The molecule has 0 aliphatic rings. The van der Waals surface area contributed by atoms with E-state index in [9.17, 15) is 9.59 Å². The first-order valence-corrected chi connectivity index (χ1v) is 10.8. The Morgan fingerprint density at radius 1 is 1.13 bits per heavy atom. The van der Waals surface area contributed by atoms with Gasteiger partial charge in [0.1, 0.15) is 6.42 Å². The minimum Gasteiger partial charge on any atom is -0.490 e. The van der Waals surface area contributed by atoms with Crippen LogP contribution in [0.5, 0.6) is 11.5 Å². The van der Waals surface area contributed by atoms with Crippen molar-refractivity contribution < 1.29 is 19.1 Å². The second-order valence-electron chi connectivity index (χ2n) is 5.82. The Kier molecular flexibility index (Phi) is 9.67. The van der Waals surface area contributed by atoms with Gasteiger partial charge in [0.05, 0.1) is 38.7 Å². The summed E-state index contributed by atoms with van der Waals surface area (Å²) in [6, 6.07) is 8.44. The van der Waals surface area contributed by atoms with Crippen LogP contribution in [0.2, 0.25) is 10.0 Å². The van der Waals surface area contributed by atoms with Gasteiger partial charge in [0.2, 0.25) is 11.8 Å². The van der Waals surface area contributed by atoms with Gasteiger partial charge in [-0.1, -0.05) is 29.3 Å². The third-order valence-electron chi connectivity index (χ3n) is 3.57. The molecule has 0 atom stereocenters. The lowest BCUT2D eigenvalue weighted by atomic mass is 10.2. The molecule has 0 saturated carbocycles. The van der Waals surface area contributed by atoms with Crippen LogP contribution in [-0.2, 0) is 9.59 Å². The zero-order chi connectivity index (χ0) is 22.1. The fourth-order valence-corrected chi connectivity index (χ4v) is 3.50. The van der Waals surface area contributed by atoms with Crippen molar-refractivity contribution in [2.45, 2.75) is 20.3 Å². The summed E-state index contributed by atoms with van der Waals surface area (Å²) in [7, 11) is 0. The molecule has 7 nitrogen and oxygen atoms in total. The number of carbonyl (C=O) groups is 2. The van der Waals surface area contributed by atoms with Crippen molar-refractivity contribution in [2.75, 3.05) is 18.5 Å². The van der Waals surface area contributed by atoms with Crippen molar-refractivity contribution in [3.8, 4) is 11.5 Å². The van der Waals surface area contributed by atoms with Crippen molar-refractivity contribution in [1.29, 1.82) is 0 Å². The van der Waals surface area contributed by atoms with Gasteiger partial charge in [0.15, 0.2) is 11.5 Å². The standard InChI is InChI=1S/C20H20Cl2IN3O4/c1-3-29-16-9-12(8-14(23)20(16)30-4-2)11-24-26-18(28)10-17(27)25-15-7-5-6-13(21)19(15)22/h5-9,11H,3-4,10H2,1-2H3,(H,25,27)(H,26,28). The first kappa shape index (κ1) is 24.2. The molecule has 0 bridgehead atoms. The van der Waals surface area contributed by atoms with Crippen molar-refractivity contribution in [2.24, 2.45) is 5.10 Å². The molecule has 0 aliphatic heterocycles. The van der Waals surface area contributed by atoms with Gasteiger partial charge in [-0.25, -0.2) is 5.43 Å². The van der Waals surface area contributed by atoms with Crippen LogP contribution < -0.4 is 20.2 Å². The summed E-state index contributed by atoms with van der Waals surface area (Å²) in [4.78, 5) is 24.0. The fourth-order valence-electron chi connectivity index (χ4n) is 2.37. The molecule has 0 unspecified atom stereocenters. The molecule has 0 saturated heterocycles. The Labute approximate surface area is 198 Å². The van der Waals surface area contributed by atoms with Crippen LogP contribution in [0.4, 0.5) is 5.69 Å². The molecular formula is C20H20Cl2IN3O4. The number of nitrogens with one attached hydrogen (secondary N) is 2. The van der Waals surface area contributed by atoms with E-state index in [0.29, 0.717) is 41.0 Å². The van der Waals surface area contributed by atoms with Crippen LogP contribution in [0, 0.1) is 3.57 Å². The molecule has 2 amide bonds. The second-order valence-corrected chi connectivity index (χ2v) is 7.76. The Bertz CT molecular complexity index is 954. The molecular weight excluding hydrogens is 544 g/mol. The number of benzene rings is 2. The third kappa shape index (κ3) is 7.03. The lowest BCUT2D eigenvalue weighted by Crippen LogP contribution is -2.24. The Morgan fingerprint density at radius 2 is 1.87 bits per heavy atom. The van der Waals surface area contributed by atoms with Crippen LogP contribution in [0.15, 0.2) is 35.4 Å². The van der Waals surface area contributed by atoms with E-state index in [4.69, 9.17) is 32.7 Å². The second kappa shape index (κ2) is 12.0. The predicted octanol–water partition coefficient (Wildman–Crippen LogP) is 4.87. The largest absolute Gasteiger partial charge is 0.490 e. The number of nitrogens with zero attached hydrogens (tertiary/aromatic N) is 1. The zero-order valence-electron chi connectivity index (χ0n) is 16.3. The van der Waals surface area contributed by atoms with Gasteiger partial charge < -0.3 is 14.8 Å². The summed E-state index contributed by atoms with van der Waals surface area (Å²) in [5.41, 5.74) is 3.36. The maximum Gasteiger partial charge on any atom is 0.249 e. The molecule has 0 heterocycles. The van der Waals surface area contributed by atoms with E-state index in [2.05, 4.69) is 38.4 Å². The maximum atomic E-state index is 12.0. The SMILES string of the molecule is CCOc1cc(C=NNC(=O)CC(=O)Nc2cccc(Cl)c2Cl)cc(I)c1OCC. The summed E-state index contributed by atoms with van der Waals surface area (Å²) in [5, 5.41) is 6.95. The van der Waals surface area contributed by atoms with Gasteiger partial charge in [-0.2, -0.15) is 5.10 Å². The number of halogens is 3. The van der Waals surface area contributed by atoms with Gasteiger partial charge in [0.25, 0.3) is 0 Å². The van der Waals surface area contributed by atoms with E-state index in [-0.39, 0.29) is 5.02 Å². The molecule has 10 heteroatoms. The minimum absolute atomic E-state index is 0.209. The Balaban J connectivity index is 1.96. The number of rotatable bonds is 9. The lowest BCUT2D eigenvalue weighted by molar-refractivity contribution is -0.126. The maximum absolute atomic E-state index is 12.0. The van der Waals surface area contributed by atoms with Crippen molar-refractivity contribution >= 4 is 69.5 Å². The number of hydrogen-bond donors (Lipinski definition) is 2. The first-order chi connectivity index (χ1) is 14.3. The normalized spacial score (nSPS) is 10.7. The summed E-state index contributed by atoms with van der Waals surface area (Å²) < 4.78 is 12.1. The quantitative estimate of drug-likeness (QED) is 0.197. The summed E-state index contributed by atoms with van der Waals surface area (Å²) in [6.45, 7) is 4.78. The molecule has 2 aromatic rings. The number of carbonyl (C=O) groups excluding carboxylic acids is 2. The molecule has 2 rings (SSSR count). The number of hydrogen-bond acceptors (Lipinski definition) is 5. The van der Waals surface area contributed by atoms with E-state index in [0.717, 1.165) is 3.57 Å². The number of anilines is 1. The average molecular weight is 564 g/mol. The smallest absolute Gasteiger partial charge is 0.249 e. The number of amides is 2. The third-order valence-corrected chi connectivity index (χ3v) is 5.19. The highest BCUT2D eigenvalue weighted by Gasteiger charge is 2.13. The zero-order valence-corrected chi connectivity index (χ0v) is 20.0. The van der Waals surface area contributed by atoms with Gasteiger partial charge >= 0.3 is 0 Å². The molecule has 2 aromatic carbocycles. The van der Waals surface area contributed by atoms with Crippen LogP contribution in [0.25, 0.3) is 0 Å². The molecule has 0 radical (unpaired) electrons. The lowest BCUT2D eigenvalue weighted by Gasteiger charge is -2.13. The summed E-state index contributed by atoms with van der Waals surface area (Å²) in [6.07, 6.45) is 1.04. The summed E-state index contributed by atoms with van der Waals surface area (Å²) in [5.74, 6) is 0.142. The first-order valence-electron chi connectivity index (χ1n) is 9.00. The molecule has 30 heavy (non-hydrogen) atoms. The number of hydrazone groups is 1. The minimum atomic E-state index is -0.576. The molecule has 0 aliphatic carbocycles. The number of ether oxygens (including phenoxy) is 2. The Hall–Kier alpha value is -2.04. The van der Waals surface area contributed by atoms with Crippen molar-refractivity contribution in [3.05, 3.63) is 49.5 Å². The molecule has 160 valence electrons.